The lowest BCUT2D eigenvalue weighted by molar-refractivity contribution is 0.0781. The first-order chi connectivity index (χ1) is 14.3. The van der Waals surface area contributed by atoms with Crippen molar-refractivity contribution >= 4 is 5.91 Å². The molecule has 8 heteroatoms. The first-order valence-electron chi connectivity index (χ1n) is 10.1. The van der Waals surface area contributed by atoms with Crippen molar-refractivity contribution < 1.29 is 9.53 Å². The van der Waals surface area contributed by atoms with Gasteiger partial charge in [-0.2, -0.15) is 5.10 Å². The van der Waals surface area contributed by atoms with E-state index in [0.29, 0.717) is 37.9 Å². The van der Waals surface area contributed by atoms with E-state index < -0.39 is 0 Å². The molecule has 0 bridgehead atoms. The fourth-order valence-electron chi connectivity index (χ4n) is 3.76. The summed E-state index contributed by atoms with van der Waals surface area (Å²) < 4.78 is 7.59. The van der Waals surface area contributed by atoms with Crippen LogP contribution in [0, 0.1) is 0 Å². The number of likely N-dealkylation sites (tertiary alicyclic amines) is 1. The summed E-state index contributed by atoms with van der Waals surface area (Å²) in [6.07, 6.45) is 5.15. The van der Waals surface area contributed by atoms with Crippen molar-refractivity contribution in [1.82, 2.24) is 30.1 Å². The van der Waals surface area contributed by atoms with E-state index in [2.05, 4.69) is 20.5 Å². The first kappa shape index (κ1) is 18.1. The molecule has 1 aliphatic heterocycles. The summed E-state index contributed by atoms with van der Waals surface area (Å²) in [4.78, 5) is 14.6. The SMILES string of the molecule is O=C(c1cc(C2CC2)[nH]n1)N1CCC(n2cc(COCc3ccccc3)nn2)C1. The summed E-state index contributed by atoms with van der Waals surface area (Å²) >= 11 is 0. The van der Waals surface area contributed by atoms with Gasteiger partial charge in [-0.15, -0.1) is 5.10 Å². The topological polar surface area (TPSA) is 88.9 Å². The smallest absolute Gasteiger partial charge is 0.274 e. The molecule has 1 aliphatic carbocycles. The van der Waals surface area contributed by atoms with E-state index in [0.717, 1.165) is 23.4 Å². The Balaban J connectivity index is 1.14. The second-order valence-corrected chi connectivity index (χ2v) is 7.84. The molecule has 5 rings (SSSR count). The number of nitrogens with one attached hydrogen (secondary N) is 1. The van der Waals surface area contributed by atoms with Gasteiger partial charge in [-0.1, -0.05) is 35.5 Å². The molecule has 1 atom stereocenters. The van der Waals surface area contributed by atoms with Crippen LogP contribution in [0.5, 0.6) is 0 Å². The number of aromatic nitrogens is 5. The third-order valence-electron chi connectivity index (χ3n) is 5.58. The molecule has 1 saturated heterocycles. The Morgan fingerprint density at radius 1 is 1.17 bits per heavy atom. The van der Waals surface area contributed by atoms with Gasteiger partial charge in [0.05, 0.1) is 25.5 Å². The molecule has 1 aromatic carbocycles. The van der Waals surface area contributed by atoms with Gasteiger partial charge in [0, 0.05) is 24.7 Å². The highest BCUT2D eigenvalue weighted by atomic mass is 16.5. The van der Waals surface area contributed by atoms with Crippen LogP contribution in [0.2, 0.25) is 0 Å². The number of carbonyl (C=O) groups excluding carboxylic acids is 1. The molecule has 2 aliphatic rings. The summed E-state index contributed by atoms with van der Waals surface area (Å²) in [5.41, 5.74) is 3.53. The minimum absolute atomic E-state index is 0.0119. The summed E-state index contributed by atoms with van der Waals surface area (Å²) in [6, 6.07) is 12.1. The normalized spacial score (nSPS) is 19.0. The summed E-state index contributed by atoms with van der Waals surface area (Å²) in [5, 5.41) is 15.7. The monoisotopic (exact) mass is 392 g/mol. The number of ether oxygens (including phenoxy) is 1. The Hall–Kier alpha value is -3.00. The molecule has 1 amide bonds. The maximum atomic E-state index is 12.7. The van der Waals surface area contributed by atoms with E-state index in [4.69, 9.17) is 4.74 Å². The van der Waals surface area contributed by atoms with Crippen molar-refractivity contribution in [3.8, 4) is 0 Å². The third kappa shape index (κ3) is 4.07. The lowest BCUT2D eigenvalue weighted by Crippen LogP contribution is -2.29. The van der Waals surface area contributed by atoms with Gasteiger partial charge in [0.15, 0.2) is 0 Å². The molecule has 150 valence electrons. The molecule has 1 unspecified atom stereocenters. The molecule has 2 aromatic heterocycles. The number of H-pyrrole nitrogens is 1. The van der Waals surface area contributed by atoms with E-state index in [1.54, 1.807) is 0 Å². The number of hydrogen-bond acceptors (Lipinski definition) is 5. The highest BCUT2D eigenvalue weighted by Gasteiger charge is 2.31. The van der Waals surface area contributed by atoms with Gasteiger partial charge >= 0.3 is 0 Å². The quantitative estimate of drug-likeness (QED) is 0.668. The van der Waals surface area contributed by atoms with Gasteiger partial charge in [-0.25, -0.2) is 4.68 Å². The molecule has 1 saturated carbocycles. The van der Waals surface area contributed by atoms with Gasteiger partial charge in [-0.3, -0.25) is 9.89 Å². The minimum atomic E-state index is -0.0119. The molecule has 0 radical (unpaired) electrons. The maximum absolute atomic E-state index is 12.7. The lowest BCUT2D eigenvalue weighted by atomic mass is 10.2. The van der Waals surface area contributed by atoms with Crippen LogP contribution in [0.4, 0.5) is 0 Å². The molecule has 2 fully saturated rings. The molecule has 29 heavy (non-hydrogen) atoms. The van der Waals surface area contributed by atoms with Crippen LogP contribution in [0.1, 0.15) is 58.7 Å². The zero-order chi connectivity index (χ0) is 19.6. The average Bonchev–Trinajstić information content (AvgIpc) is 3.16. The molecule has 3 heterocycles. The predicted molar refractivity (Wildman–Crippen MR) is 105 cm³/mol. The number of aromatic amines is 1. The van der Waals surface area contributed by atoms with Crippen LogP contribution in [-0.4, -0.2) is 49.1 Å². The molecule has 0 spiro atoms. The number of nitrogens with zero attached hydrogens (tertiary/aromatic N) is 5. The average molecular weight is 392 g/mol. The highest BCUT2D eigenvalue weighted by molar-refractivity contribution is 5.92. The van der Waals surface area contributed by atoms with E-state index in [-0.39, 0.29) is 11.9 Å². The van der Waals surface area contributed by atoms with Crippen molar-refractivity contribution in [1.29, 1.82) is 0 Å². The fraction of sp³-hybridized carbons (Fsp3) is 0.429. The van der Waals surface area contributed by atoms with E-state index in [1.165, 1.54) is 12.8 Å². The van der Waals surface area contributed by atoms with Crippen molar-refractivity contribution in [2.75, 3.05) is 13.1 Å². The standard InChI is InChI=1S/C21H24N6O2/c28-21(20-10-19(23-24-20)16-6-7-16)26-9-8-18(12-26)27-11-17(22-25-27)14-29-13-15-4-2-1-3-5-15/h1-5,10-11,16,18H,6-9,12-14H2,(H,23,24). The second-order valence-electron chi connectivity index (χ2n) is 7.84. The van der Waals surface area contributed by atoms with Crippen molar-refractivity contribution in [2.24, 2.45) is 0 Å². The Bertz CT molecular complexity index is 978. The van der Waals surface area contributed by atoms with Gasteiger partial charge in [0.25, 0.3) is 5.91 Å². The molecular weight excluding hydrogens is 368 g/mol. The van der Waals surface area contributed by atoms with Gasteiger partial charge < -0.3 is 9.64 Å². The van der Waals surface area contributed by atoms with Gasteiger partial charge in [-0.05, 0) is 30.9 Å². The summed E-state index contributed by atoms with van der Waals surface area (Å²) in [5.74, 6) is 0.551. The lowest BCUT2D eigenvalue weighted by Gasteiger charge is -2.14. The Morgan fingerprint density at radius 2 is 2.03 bits per heavy atom. The van der Waals surface area contributed by atoms with Crippen LogP contribution in [0.25, 0.3) is 0 Å². The van der Waals surface area contributed by atoms with Crippen LogP contribution < -0.4 is 0 Å². The zero-order valence-electron chi connectivity index (χ0n) is 16.2. The van der Waals surface area contributed by atoms with Crippen molar-refractivity contribution in [3.63, 3.8) is 0 Å². The maximum Gasteiger partial charge on any atom is 0.274 e. The molecule has 3 aromatic rings. The van der Waals surface area contributed by atoms with Gasteiger partial charge in [0.2, 0.25) is 0 Å². The summed E-state index contributed by atoms with van der Waals surface area (Å²) in [7, 11) is 0. The molecule has 1 N–H and O–H groups in total. The largest absolute Gasteiger partial charge is 0.370 e. The Kier molecular flexibility index (Phi) is 4.85. The Labute approximate surface area is 168 Å². The predicted octanol–water partition coefficient (Wildman–Crippen LogP) is 2.68. The number of rotatable bonds is 7. The van der Waals surface area contributed by atoms with Crippen molar-refractivity contribution in [2.45, 2.75) is 44.4 Å². The van der Waals surface area contributed by atoms with Crippen molar-refractivity contribution in [3.05, 3.63) is 65.2 Å². The number of benzene rings is 1. The number of carbonyl (C=O) groups is 1. The second kappa shape index (κ2) is 7.79. The Morgan fingerprint density at radius 3 is 2.86 bits per heavy atom. The van der Waals surface area contributed by atoms with Gasteiger partial charge in [0.1, 0.15) is 11.4 Å². The van der Waals surface area contributed by atoms with E-state index in [9.17, 15) is 4.79 Å². The van der Waals surface area contributed by atoms with Crippen LogP contribution >= 0.6 is 0 Å². The zero-order valence-corrected chi connectivity index (χ0v) is 16.2. The van der Waals surface area contributed by atoms with E-state index >= 15 is 0 Å². The number of hydrogen-bond donors (Lipinski definition) is 1. The third-order valence-corrected chi connectivity index (χ3v) is 5.58. The van der Waals surface area contributed by atoms with Crippen LogP contribution in [0.3, 0.4) is 0 Å². The van der Waals surface area contributed by atoms with Crippen LogP contribution in [0.15, 0.2) is 42.6 Å². The van der Waals surface area contributed by atoms with E-state index in [1.807, 2.05) is 52.2 Å². The highest BCUT2D eigenvalue weighted by Crippen LogP contribution is 2.39. The first-order valence-corrected chi connectivity index (χ1v) is 10.1. The fourth-order valence-corrected chi connectivity index (χ4v) is 3.76. The minimum Gasteiger partial charge on any atom is -0.370 e. The number of amides is 1. The summed E-state index contributed by atoms with van der Waals surface area (Å²) in [6.45, 7) is 2.29. The molecule has 8 nitrogen and oxygen atoms in total. The molecular formula is C21H24N6O2. The van der Waals surface area contributed by atoms with Crippen LogP contribution in [-0.2, 0) is 18.0 Å².